The molecule has 0 N–H and O–H groups in total. The molecule has 290 valence electrons. The molecule has 11 aromatic rings. The van der Waals surface area contributed by atoms with Crippen LogP contribution in [0.3, 0.4) is 0 Å². The third kappa shape index (κ3) is 5.65. The predicted octanol–water partition coefficient (Wildman–Crippen LogP) is 14.5. The lowest BCUT2D eigenvalue weighted by atomic mass is 9.67. The lowest BCUT2D eigenvalue weighted by Crippen LogP contribution is -2.28. The van der Waals surface area contributed by atoms with Gasteiger partial charge in [0.05, 0.1) is 5.41 Å². The van der Waals surface area contributed by atoms with Crippen molar-refractivity contribution >= 4 is 21.9 Å². The van der Waals surface area contributed by atoms with Crippen LogP contribution in [0.4, 0.5) is 0 Å². The van der Waals surface area contributed by atoms with Crippen molar-refractivity contribution < 1.29 is 4.42 Å². The van der Waals surface area contributed by atoms with Crippen LogP contribution in [0.25, 0.3) is 89.5 Å². The van der Waals surface area contributed by atoms with Gasteiger partial charge in [-0.1, -0.05) is 206 Å². The molecule has 62 heavy (non-hydrogen) atoms. The fraction of sp³-hybridized carbons (Fsp3) is 0.0172. The summed E-state index contributed by atoms with van der Waals surface area (Å²) < 4.78 is 6.75. The zero-order valence-electron chi connectivity index (χ0n) is 33.6. The summed E-state index contributed by atoms with van der Waals surface area (Å²) in [5, 5.41) is 2.21. The van der Waals surface area contributed by atoms with Crippen LogP contribution in [0.15, 0.2) is 229 Å². The average molecular weight is 792 g/mol. The van der Waals surface area contributed by atoms with Crippen molar-refractivity contribution in [3.8, 4) is 67.5 Å². The van der Waals surface area contributed by atoms with Gasteiger partial charge in [0.15, 0.2) is 17.5 Å². The zero-order valence-corrected chi connectivity index (χ0v) is 33.6. The maximum Gasteiger partial charge on any atom is 0.164 e. The minimum Gasteiger partial charge on any atom is -0.455 e. The van der Waals surface area contributed by atoms with Crippen molar-refractivity contribution in [1.82, 2.24) is 15.0 Å². The molecule has 1 aliphatic rings. The lowest BCUT2D eigenvalue weighted by Gasteiger charge is -2.34. The first-order valence-corrected chi connectivity index (χ1v) is 21.0. The SMILES string of the molecule is c1ccc(-c2nc(-c3ccccc3)nc(-c3ccc(-c4cc5c(cc4-c4cccc6c4oc4ccccc46)-c4ccccc4C5(c4ccccc4)c4ccccc4)cc3)n2)cc1. The molecule has 0 fully saturated rings. The average Bonchev–Trinajstić information content (AvgIpc) is 3.88. The molecule has 2 aromatic heterocycles. The van der Waals surface area contributed by atoms with Gasteiger partial charge in [-0.25, -0.2) is 15.0 Å². The normalized spacial score (nSPS) is 12.6. The molecule has 4 heteroatoms. The highest BCUT2D eigenvalue weighted by Gasteiger charge is 2.46. The molecular weight excluding hydrogens is 755 g/mol. The molecule has 1 aliphatic carbocycles. The molecule has 0 unspecified atom stereocenters. The molecule has 0 bridgehead atoms. The molecule has 9 aromatic carbocycles. The Kier molecular flexibility index (Phi) is 8.36. The third-order valence-electron chi connectivity index (χ3n) is 12.4. The van der Waals surface area contributed by atoms with Crippen LogP contribution < -0.4 is 0 Å². The van der Waals surface area contributed by atoms with Crippen molar-refractivity contribution in [3.05, 3.63) is 247 Å². The van der Waals surface area contributed by atoms with Gasteiger partial charge in [0.2, 0.25) is 0 Å². The highest BCUT2D eigenvalue weighted by molar-refractivity contribution is 6.11. The predicted molar refractivity (Wildman–Crippen MR) is 252 cm³/mol. The summed E-state index contributed by atoms with van der Waals surface area (Å²) in [5.74, 6) is 1.89. The Morgan fingerprint density at radius 1 is 0.306 bits per heavy atom. The van der Waals surface area contributed by atoms with Crippen molar-refractivity contribution in [2.45, 2.75) is 5.41 Å². The minimum absolute atomic E-state index is 0.556. The van der Waals surface area contributed by atoms with E-state index in [1.54, 1.807) is 0 Å². The molecule has 2 heterocycles. The Morgan fingerprint density at radius 3 is 1.42 bits per heavy atom. The maximum atomic E-state index is 6.75. The second-order valence-corrected chi connectivity index (χ2v) is 15.9. The van der Waals surface area contributed by atoms with Gasteiger partial charge in [-0.2, -0.15) is 0 Å². The summed E-state index contributed by atoms with van der Waals surface area (Å²) in [5.41, 5.74) is 15.7. The van der Waals surface area contributed by atoms with E-state index in [0.717, 1.165) is 60.9 Å². The van der Waals surface area contributed by atoms with Crippen LogP contribution in [-0.2, 0) is 5.41 Å². The Balaban J connectivity index is 1.11. The van der Waals surface area contributed by atoms with E-state index in [1.165, 1.54) is 33.4 Å². The first-order valence-electron chi connectivity index (χ1n) is 21.0. The smallest absolute Gasteiger partial charge is 0.164 e. The zero-order chi connectivity index (χ0) is 41.0. The molecule has 12 rings (SSSR count). The van der Waals surface area contributed by atoms with Crippen LogP contribution >= 0.6 is 0 Å². The molecule has 0 spiro atoms. The number of hydrogen-bond donors (Lipinski definition) is 0. The number of para-hydroxylation sites is 2. The first kappa shape index (κ1) is 35.7. The number of furan rings is 1. The van der Waals surface area contributed by atoms with Crippen LogP contribution in [0, 0.1) is 0 Å². The lowest BCUT2D eigenvalue weighted by molar-refractivity contribution is 0.670. The molecule has 0 radical (unpaired) electrons. The summed E-state index contributed by atoms with van der Waals surface area (Å²) >= 11 is 0. The van der Waals surface area contributed by atoms with E-state index in [2.05, 4.69) is 158 Å². The minimum atomic E-state index is -0.556. The van der Waals surface area contributed by atoms with Crippen molar-refractivity contribution in [2.75, 3.05) is 0 Å². The summed E-state index contributed by atoms with van der Waals surface area (Å²) in [6.45, 7) is 0. The highest BCUT2D eigenvalue weighted by atomic mass is 16.3. The Hall–Kier alpha value is -8.21. The van der Waals surface area contributed by atoms with E-state index in [9.17, 15) is 0 Å². The van der Waals surface area contributed by atoms with E-state index in [-0.39, 0.29) is 0 Å². The molecule has 0 aliphatic heterocycles. The molecule has 0 saturated carbocycles. The third-order valence-corrected chi connectivity index (χ3v) is 12.4. The number of fused-ring (bicyclic) bond motifs is 6. The maximum absolute atomic E-state index is 6.75. The Bertz CT molecular complexity index is 3340. The fourth-order valence-corrected chi connectivity index (χ4v) is 9.65. The fourth-order valence-electron chi connectivity index (χ4n) is 9.65. The topological polar surface area (TPSA) is 51.8 Å². The van der Waals surface area contributed by atoms with Gasteiger partial charge in [0, 0.05) is 33.0 Å². The summed E-state index contributed by atoms with van der Waals surface area (Å²) in [7, 11) is 0. The van der Waals surface area contributed by atoms with E-state index >= 15 is 0 Å². The van der Waals surface area contributed by atoms with Gasteiger partial charge in [-0.05, 0) is 68.3 Å². The molecule has 0 atom stereocenters. The Morgan fingerprint density at radius 2 is 0.790 bits per heavy atom. The number of hydrogen-bond acceptors (Lipinski definition) is 4. The van der Waals surface area contributed by atoms with E-state index in [4.69, 9.17) is 19.4 Å². The van der Waals surface area contributed by atoms with Gasteiger partial charge in [-0.3, -0.25) is 0 Å². The van der Waals surface area contributed by atoms with Crippen molar-refractivity contribution in [3.63, 3.8) is 0 Å². The van der Waals surface area contributed by atoms with Crippen LogP contribution in [0.5, 0.6) is 0 Å². The molecule has 4 nitrogen and oxygen atoms in total. The monoisotopic (exact) mass is 791 g/mol. The first-order chi connectivity index (χ1) is 30.7. The van der Waals surface area contributed by atoms with Crippen LogP contribution in [0.2, 0.25) is 0 Å². The molecular formula is C58H37N3O. The van der Waals surface area contributed by atoms with Gasteiger partial charge in [0.1, 0.15) is 11.2 Å². The number of nitrogens with zero attached hydrogens (tertiary/aromatic N) is 3. The van der Waals surface area contributed by atoms with Gasteiger partial charge in [0.25, 0.3) is 0 Å². The second kappa shape index (κ2) is 14.5. The van der Waals surface area contributed by atoms with Crippen molar-refractivity contribution in [2.24, 2.45) is 0 Å². The van der Waals surface area contributed by atoms with E-state index < -0.39 is 5.41 Å². The summed E-state index contributed by atoms with van der Waals surface area (Å²) in [6, 6.07) is 79.5. The molecule has 0 amide bonds. The second-order valence-electron chi connectivity index (χ2n) is 15.9. The van der Waals surface area contributed by atoms with Crippen molar-refractivity contribution in [1.29, 1.82) is 0 Å². The quantitative estimate of drug-likeness (QED) is 0.161. The number of benzene rings is 9. The van der Waals surface area contributed by atoms with E-state index in [0.29, 0.717) is 17.5 Å². The van der Waals surface area contributed by atoms with Gasteiger partial charge >= 0.3 is 0 Å². The standard InChI is InChI=1S/C58H37N3O/c1-5-18-39(19-6-1)55-59-56(40-20-7-2-8-21-40)61-57(60-55)41-34-32-38(33-35-41)48-37-52-50(36-49(48)47-29-17-28-46-45-27-14-16-31-53(45)62-54(46)47)44-26-13-15-30-51(44)58(52,42-22-9-3-10-23-42)43-24-11-4-12-25-43/h1-37H. The van der Waals surface area contributed by atoms with Gasteiger partial charge < -0.3 is 4.42 Å². The van der Waals surface area contributed by atoms with Crippen LogP contribution in [0.1, 0.15) is 22.3 Å². The Labute approximate surface area is 359 Å². The van der Waals surface area contributed by atoms with Gasteiger partial charge in [-0.15, -0.1) is 0 Å². The number of aromatic nitrogens is 3. The van der Waals surface area contributed by atoms with Crippen LogP contribution in [-0.4, -0.2) is 15.0 Å². The number of rotatable bonds is 7. The summed E-state index contributed by atoms with van der Waals surface area (Å²) in [4.78, 5) is 15.0. The largest absolute Gasteiger partial charge is 0.455 e. The van der Waals surface area contributed by atoms with E-state index in [1.807, 2.05) is 66.7 Å². The summed E-state index contributed by atoms with van der Waals surface area (Å²) in [6.07, 6.45) is 0. The highest BCUT2D eigenvalue weighted by Crippen LogP contribution is 2.58. The molecule has 0 saturated heterocycles.